The summed E-state index contributed by atoms with van der Waals surface area (Å²) < 4.78 is 17.7. The van der Waals surface area contributed by atoms with Crippen LogP contribution in [0, 0.1) is 12.7 Å². The molecule has 4 heteroatoms. The van der Waals surface area contributed by atoms with Crippen LogP contribution in [0.15, 0.2) is 12.1 Å². The fraction of sp³-hybridized carbons (Fsp3) is 0.364. The molecule has 0 aliphatic rings. The molecule has 1 aromatic rings. The highest BCUT2D eigenvalue weighted by atomic mass is 79.9. The summed E-state index contributed by atoms with van der Waals surface area (Å²) in [5.74, 6) is -0.595. The lowest BCUT2D eigenvalue weighted by atomic mass is 10.00. The topological polar surface area (TPSA) is 26.3 Å². The lowest BCUT2D eigenvalue weighted by Gasteiger charge is -2.10. The average Bonchev–Trinajstić information content (AvgIpc) is 2.21. The molecule has 0 aliphatic heterocycles. The third-order valence-corrected chi connectivity index (χ3v) is 2.83. The molecule has 0 amide bonds. The zero-order valence-electron chi connectivity index (χ0n) is 8.64. The number of methoxy groups -OCH3 is 1. The maximum Gasteiger partial charge on any atom is 0.309 e. The standard InChI is InChI=1S/C11H12BrFO2/c1-7-3-9(13)4-8(6-12)10(7)5-11(14)15-2/h3-4H,5-6H2,1-2H3. The van der Waals surface area contributed by atoms with Crippen LogP contribution in [0.25, 0.3) is 0 Å². The van der Waals surface area contributed by atoms with Gasteiger partial charge >= 0.3 is 5.97 Å². The largest absolute Gasteiger partial charge is 0.469 e. The normalized spacial score (nSPS) is 10.1. The van der Waals surface area contributed by atoms with Crippen molar-refractivity contribution in [1.29, 1.82) is 0 Å². The average molecular weight is 275 g/mol. The molecule has 0 spiro atoms. The second-order valence-electron chi connectivity index (χ2n) is 3.25. The van der Waals surface area contributed by atoms with Crippen LogP contribution < -0.4 is 0 Å². The van der Waals surface area contributed by atoms with Gasteiger partial charge in [-0.3, -0.25) is 4.79 Å². The van der Waals surface area contributed by atoms with Crippen molar-refractivity contribution >= 4 is 21.9 Å². The molecule has 0 bridgehead atoms. The molecule has 2 nitrogen and oxygen atoms in total. The number of ether oxygens (including phenoxy) is 1. The zero-order chi connectivity index (χ0) is 11.4. The smallest absolute Gasteiger partial charge is 0.309 e. The molecule has 0 unspecified atom stereocenters. The van der Waals surface area contributed by atoms with Crippen molar-refractivity contribution in [1.82, 2.24) is 0 Å². The second-order valence-corrected chi connectivity index (χ2v) is 3.81. The quantitative estimate of drug-likeness (QED) is 0.626. The van der Waals surface area contributed by atoms with E-state index in [2.05, 4.69) is 20.7 Å². The van der Waals surface area contributed by atoms with E-state index in [1.807, 2.05) is 0 Å². The van der Waals surface area contributed by atoms with E-state index < -0.39 is 0 Å². The van der Waals surface area contributed by atoms with Gasteiger partial charge in [-0.2, -0.15) is 0 Å². The lowest BCUT2D eigenvalue weighted by Crippen LogP contribution is -2.08. The van der Waals surface area contributed by atoms with Crippen LogP contribution in [0.3, 0.4) is 0 Å². The minimum absolute atomic E-state index is 0.184. The Morgan fingerprint density at radius 3 is 2.73 bits per heavy atom. The van der Waals surface area contributed by atoms with Gasteiger partial charge in [-0.15, -0.1) is 0 Å². The van der Waals surface area contributed by atoms with Crippen LogP contribution in [-0.4, -0.2) is 13.1 Å². The van der Waals surface area contributed by atoms with Crippen LogP contribution in [-0.2, 0) is 21.3 Å². The van der Waals surface area contributed by atoms with Gasteiger partial charge in [0.15, 0.2) is 0 Å². The third kappa shape index (κ3) is 3.02. The minimum Gasteiger partial charge on any atom is -0.469 e. The molecule has 0 saturated carbocycles. The van der Waals surface area contributed by atoms with Crippen LogP contribution in [0.5, 0.6) is 0 Å². The van der Waals surface area contributed by atoms with Gasteiger partial charge in [0.05, 0.1) is 13.5 Å². The predicted molar refractivity (Wildman–Crippen MR) is 59.5 cm³/mol. The van der Waals surface area contributed by atoms with E-state index in [9.17, 15) is 9.18 Å². The van der Waals surface area contributed by atoms with Gasteiger partial charge in [-0.05, 0) is 35.7 Å². The Hall–Kier alpha value is -0.900. The summed E-state index contributed by atoms with van der Waals surface area (Å²) in [7, 11) is 1.34. The van der Waals surface area contributed by atoms with Gasteiger partial charge in [-0.1, -0.05) is 15.9 Å². The number of hydrogen-bond acceptors (Lipinski definition) is 2. The first-order chi connectivity index (χ1) is 7.08. The monoisotopic (exact) mass is 274 g/mol. The molecular formula is C11H12BrFO2. The number of hydrogen-bond donors (Lipinski definition) is 0. The van der Waals surface area contributed by atoms with E-state index >= 15 is 0 Å². The highest BCUT2D eigenvalue weighted by molar-refractivity contribution is 9.08. The lowest BCUT2D eigenvalue weighted by molar-refractivity contribution is -0.139. The summed E-state index contributed by atoms with van der Waals surface area (Å²) in [4.78, 5) is 11.2. The van der Waals surface area contributed by atoms with Crippen LogP contribution in [0.1, 0.15) is 16.7 Å². The highest BCUT2D eigenvalue weighted by Crippen LogP contribution is 2.20. The van der Waals surface area contributed by atoms with Gasteiger partial charge in [0.2, 0.25) is 0 Å². The van der Waals surface area contributed by atoms with Crippen molar-refractivity contribution in [2.45, 2.75) is 18.7 Å². The number of halogens is 2. The summed E-state index contributed by atoms with van der Waals surface area (Å²) in [5, 5.41) is 0.526. The fourth-order valence-corrected chi connectivity index (χ4v) is 1.93. The first-order valence-electron chi connectivity index (χ1n) is 4.49. The first-order valence-corrected chi connectivity index (χ1v) is 5.61. The molecule has 15 heavy (non-hydrogen) atoms. The number of rotatable bonds is 3. The SMILES string of the molecule is COC(=O)Cc1c(C)cc(F)cc1CBr. The number of esters is 1. The summed E-state index contributed by atoms with van der Waals surface area (Å²) in [6.07, 6.45) is 0.184. The van der Waals surface area contributed by atoms with Crippen molar-refractivity contribution < 1.29 is 13.9 Å². The van der Waals surface area contributed by atoms with Gasteiger partial charge < -0.3 is 4.74 Å². The number of aryl methyl sites for hydroxylation is 1. The molecule has 82 valence electrons. The number of carbonyl (C=O) groups excluding carboxylic acids is 1. The molecule has 0 heterocycles. The van der Waals surface area contributed by atoms with Crippen molar-refractivity contribution in [2.75, 3.05) is 7.11 Å². The van der Waals surface area contributed by atoms with Gasteiger partial charge in [0, 0.05) is 5.33 Å². The van der Waals surface area contributed by atoms with Crippen LogP contribution >= 0.6 is 15.9 Å². The molecule has 0 saturated heterocycles. The Labute approximate surface area is 96.6 Å². The summed E-state index contributed by atoms with van der Waals surface area (Å²) >= 11 is 3.27. The Balaban J connectivity index is 3.09. The fourth-order valence-electron chi connectivity index (χ4n) is 1.43. The van der Waals surface area contributed by atoms with E-state index in [-0.39, 0.29) is 18.2 Å². The van der Waals surface area contributed by atoms with Crippen molar-refractivity contribution in [3.63, 3.8) is 0 Å². The van der Waals surface area contributed by atoms with Crippen LogP contribution in [0.4, 0.5) is 4.39 Å². The molecule has 0 aliphatic carbocycles. The maximum atomic E-state index is 13.1. The summed E-state index contributed by atoms with van der Waals surface area (Å²) in [6.45, 7) is 1.79. The van der Waals surface area contributed by atoms with E-state index in [0.717, 1.165) is 16.7 Å². The number of carbonyl (C=O) groups is 1. The van der Waals surface area contributed by atoms with Gasteiger partial charge in [0.25, 0.3) is 0 Å². The van der Waals surface area contributed by atoms with Crippen molar-refractivity contribution in [3.8, 4) is 0 Å². The molecule has 0 atom stereocenters. The molecule has 0 aromatic heterocycles. The Morgan fingerprint density at radius 2 is 2.20 bits per heavy atom. The molecule has 1 aromatic carbocycles. The zero-order valence-corrected chi connectivity index (χ0v) is 10.2. The third-order valence-electron chi connectivity index (χ3n) is 2.22. The van der Waals surface area contributed by atoms with Crippen molar-refractivity contribution in [2.24, 2.45) is 0 Å². The second kappa shape index (κ2) is 5.26. The van der Waals surface area contributed by atoms with E-state index in [0.29, 0.717) is 5.33 Å². The van der Waals surface area contributed by atoms with Gasteiger partial charge in [-0.25, -0.2) is 4.39 Å². The predicted octanol–water partition coefficient (Wildman–Crippen LogP) is 2.74. The van der Waals surface area contributed by atoms with Gasteiger partial charge in [0.1, 0.15) is 5.82 Å². The minimum atomic E-state index is -0.313. The van der Waals surface area contributed by atoms with E-state index in [1.54, 1.807) is 6.92 Å². The Kier molecular flexibility index (Phi) is 4.27. The number of alkyl halides is 1. The maximum absolute atomic E-state index is 13.1. The summed E-state index contributed by atoms with van der Waals surface area (Å²) in [6, 6.07) is 2.85. The van der Waals surface area contributed by atoms with Crippen molar-refractivity contribution in [3.05, 3.63) is 34.6 Å². The van der Waals surface area contributed by atoms with E-state index in [4.69, 9.17) is 0 Å². The summed E-state index contributed by atoms with van der Waals surface area (Å²) in [5.41, 5.74) is 2.40. The Bertz CT molecular complexity index is 377. The number of benzene rings is 1. The van der Waals surface area contributed by atoms with Crippen LogP contribution in [0.2, 0.25) is 0 Å². The molecule has 0 fully saturated rings. The Morgan fingerprint density at radius 1 is 1.53 bits per heavy atom. The first kappa shape index (κ1) is 12.2. The highest BCUT2D eigenvalue weighted by Gasteiger charge is 2.11. The molecule has 0 N–H and O–H groups in total. The van der Waals surface area contributed by atoms with E-state index in [1.165, 1.54) is 19.2 Å². The molecule has 1 rings (SSSR count). The molecule has 0 radical (unpaired) electrons. The molecular weight excluding hydrogens is 263 g/mol.